The normalized spacial score (nSPS) is 9.70. The second kappa shape index (κ2) is 6.53. The summed E-state index contributed by atoms with van der Waals surface area (Å²) in [7, 11) is 0. The van der Waals surface area contributed by atoms with Crippen LogP contribution in [-0.4, -0.2) is 20.9 Å². The number of para-hydroxylation sites is 1. The van der Waals surface area contributed by atoms with Gasteiger partial charge in [0.15, 0.2) is 0 Å². The average molecular weight is 357 g/mol. The SMILES string of the molecule is CC.O=C(O)n1c2[c-]cc(O)cc2c2ccccc21.[Ru+]. The largest absolute Gasteiger partial charge is 1.00 e. The van der Waals surface area contributed by atoms with Crippen molar-refractivity contribution in [3.8, 4) is 5.75 Å². The van der Waals surface area contributed by atoms with Gasteiger partial charge in [-0.15, -0.1) is 12.1 Å². The molecule has 5 heteroatoms. The number of nitrogens with zero attached hydrogens (tertiary/aromatic N) is 1. The van der Waals surface area contributed by atoms with E-state index in [4.69, 9.17) is 0 Å². The fourth-order valence-corrected chi connectivity index (χ4v) is 2.08. The molecule has 0 saturated carbocycles. The number of hydrogen-bond acceptors (Lipinski definition) is 2. The average Bonchev–Trinajstić information content (AvgIpc) is 2.75. The van der Waals surface area contributed by atoms with E-state index in [1.54, 1.807) is 18.2 Å². The van der Waals surface area contributed by atoms with Gasteiger partial charge in [-0.3, -0.25) is 4.57 Å². The summed E-state index contributed by atoms with van der Waals surface area (Å²) < 4.78 is 1.17. The summed E-state index contributed by atoms with van der Waals surface area (Å²) in [6.45, 7) is 4.00. The number of hydrogen-bond donors (Lipinski definition) is 2. The Bertz CT molecular complexity index is 749. The molecule has 0 bridgehead atoms. The van der Waals surface area contributed by atoms with Crippen molar-refractivity contribution in [2.45, 2.75) is 13.8 Å². The number of benzene rings is 2. The molecule has 0 saturated heterocycles. The van der Waals surface area contributed by atoms with Gasteiger partial charge in [-0.2, -0.15) is 6.07 Å². The Balaban J connectivity index is 0.000000639. The molecule has 1 heterocycles. The van der Waals surface area contributed by atoms with Crippen LogP contribution < -0.4 is 0 Å². The van der Waals surface area contributed by atoms with E-state index in [2.05, 4.69) is 6.07 Å². The monoisotopic (exact) mass is 358 g/mol. The zero-order valence-corrected chi connectivity index (χ0v) is 12.8. The molecule has 0 fully saturated rings. The van der Waals surface area contributed by atoms with E-state index in [1.165, 1.54) is 10.6 Å². The van der Waals surface area contributed by atoms with Crippen LogP contribution in [0, 0.1) is 6.07 Å². The minimum Gasteiger partial charge on any atom is -0.566 e. The van der Waals surface area contributed by atoms with Gasteiger partial charge >= 0.3 is 25.6 Å². The quantitative estimate of drug-likeness (QED) is 0.475. The molecule has 1 radical (unpaired) electrons. The van der Waals surface area contributed by atoms with E-state index in [9.17, 15) is 15.0 Å². The standard InChI is InChI=1S/C13H8NO3.C2H6.Ru/c15-8-5-6-12-10(7-8)9-3-1-2-4-11(9)14(12)13(16)17;1-2;/h1-5,7,15H,(H,16,17);1-2H3;/q-1;;+1. The molecule has 3 rings (SSSR count). The Labute approximate surface area is 129 Å². The predicted octanol–water partition coefficient (Wildman–Crippen LogP) is 3.85. The van der Waals surface area contributed by atoms with E-state index in [-0.39, 0.29) is 25.2 Å². The second-order valence-electron chi connectivity index (χ2n) is 3.76. The molecule has 0 atom stereocenters. The van der Waals surface area contributed by atoms with Crippen LogP contribution in [0.5, 0.6) is 5.75 Å². The summed E-state index contributed by atoms with van der Waals surface area (Å²) in [4.78, 5) is 11.3. The molecule has 0 aliphatic rings. The van der Waals surface area contributed by atoms with Crippen molar-refractivity contribution in [1.29, 1.82) is 0 Å². The first-order valence-corrected chi connectivity index (χ1v) is 6.05. The third kappa shape index (κ3) is 2.54. The van der Waals surface area contributed by atoms with Crippen molar-refractivity contribution < 1.29 is 34.5 Å². The molecule has 0 spiro atoms. The number of aromatic nitrogens is 1. The van der Waals surface area contributed by atoms with Crippen molar-refractivity contribution in [2.24, 2.45) is 0 Å². The van der Waals surface area contributed by atoms with Gasteiger partial charge in [0.05, 0.1) is 0 Å². The molecule has 1 aromatic heterocycles. The summed E-state index contributed by atoms with van der Waals surface area (Å²) in [6.07, 6.45) is -1.06. The molecule has 20 heavy (non-hydrogen) atoms. The van der Waals surface area contributed by atoms with Crippen LogP contribution in [0.25, 0.3) is 21.8 Å². The van der Waals surface area contributed by atoms with Crippen LogP contribution >= 0.6 is 0 Å². The van der Waals surface area contributed by atoms with Crippen LogP contribution in [0.15, 0.2) is 36.4 Å². The first kappa shape index (κ1) is 16.2. The van der Waals surface area contributed by atoms with Crippen LogP contribution in [0.2, 0.25) is 0 Å². The molecule has 2 aromatic carbocycles. The Morgan fingerprint density at radius 2 is 1.85 bits per heavy atom. The minimum atomic E-state index is -1.06. The zero-order chi connectivity index (χ0) is 14.0. The fraction of sp³-hybridized carbons (Fsp3) is 0.133. The number of rotatable bonds is 0. The van der Waals surface area contributed by atoms with Crippen LogP contribution in [0.4, 0.5) is 4.79 Å². The Kier molecular flexibility index (Phi) is 5.29. The second-order valence-corrected chi connectivity index (χ2v) is 3.76. The smallest absolute Gasteiger partial charge is 0.566 e. The zero-order valence-electron chi connectivity index (χ0n) is 11.1. The van der Waals surface area contributed by atoms with Gasteiger partial charge in [0, 0.05) is 11.3 Å². The molecule has 4 nitrogen and oxygen atoms in total. The summed E-state index contributed by atoms with van der Waals surface area (Å²) in [5, 5.41) is 20.1. The summed E-state index contributed by atoms with van der Waals surface area (Å²) in [5.74, 6) is 0.0748. The maximum absolute atomic E-state index is 11.3. The maximum atomic E-state index is 11.3. The molecule has 0 amide bonds. The number of phenolic OH excluding ortho intramolecular Hbond substituents is 1. The molecular formula is C15H14NO3Ru. The topological polar surface area (TPSA) is 62.5 Å². The Morgan fingerprint density at radius 1 is 1.20 bits per heavy atom. The molecular weight excluding hydrogens is 343 g/mol. The van der Waals surface area contributed by atoms with Crippen LogP contribution in [0.3, 0.4) is 0 Å². The van der Waals surface area contributed by atoms with Crippen molar-refractivity contribution in [3.63, 3.8) is 0 Å². The maximum Gasteiger partial charge on any atom is 1.00 e. The number of carbonyl (C=O) groups is 1. The van der Waals surface area contributed by atoms with E-state index in [0.29, 0.717) is 16.4 Å². The fourth-order valence-electron chi connectivity index (χ4n) is 2.08. The number of fused-ring (bicyclic) bond motifs is 3. The van der Waals surface area contributed by atoms with Crippen LogP contribution in [-0.2, 0) is 19.5 Å². The van der Waals surface area contributed by atoms with Crippen LogP contribution in [0.1, 0.15) is 13.8 Å². The Hall–Kier alpha value is -1.87. The van der Waals surface area contributed by atoms with Gasteiger partial charge in [-0.05, 0) is 11.5 Å². The predicted molar refractivity (Wildman–Crippen MR) is 74.7 cm³/mol. The van der Waals surface area contributed by atoms with Crippen molar-refractivity contribution >= 4 is 27.9 Å². The van der Waals surface area contributed by atoms with Gasteiger partial charge < -0.3 is 10.2 Å². The number of carboxylic acid groups (broad SMARTS) is 1. The first-order chi connectivity index (χ1) is 9.18. The molecule has 2 N–H and O–H groups in total. The van der Waals surface area contributed by atoms with Gasteiger partial charge in [0.2, 0.25) is 0 Å². The molecule has 3 aromatic rings. The van der Waals surface area contributed by atoms with Crippen molar-refractivity contribution in [2.75, 3.05) is 0 Å². The number of aromatic hydroxyl groups is 1. The molecule has 0 aliphatic heterocycles. The molecule has 0 unspecified atom stereocenters. The van der Waals surface area contributed by atoms with E-state index in [0.717, 1.165) is 5.39 Å². The van der Waals surface area contributed by atoms with Gasteiger partial charge in [-0.25, -0.2) is 4.79 Å². The van der Waals surface area contributed by atoms with E-state index >= 15 is 0 Å². The third-order valence-corrected chi connectivity index (χ3v) is 2.75. The minimum absolute atomic E-state index is 0. The van der Waals surface area contributed by atoms with Crippen molar-refractivity contribution in [3.05, 3.63) is 42.5 Å². The first-order valence-electron chi connectivity index (χ1n) is 6.05. The summed E-state index contributed by atoms with van der Waals surface area (Å²) in [6, 6.07) is 12.9. The third-order valence-electron chi connectivity index (χ3n) is 2.75. The van der Waals surface area contributed by atoms with Gasteiger partial charge in [0.1, 0.15) is 0 Å². The van der Waals surface area contributed by atoms with Gasteiger partial charge in [-0.1, -0.05) is 42.9 Å². The van der Waals surface area contributed by atoms with Crippen molar-refractivity contribution in [1.82, 2.24) is 4.57 Å². The van der Waals surface area contributed by atoms with E-state index in [1.807, 2.05) is 26.0 Å². The molecule has 105 valence electrons. The van der Waals surface area contributed by atoms with E-state index < -0.39 is 6.09 Å². The summed E-state index contributed by atoms with van der Waals surface area (Å²) in [5.41, 5.74) is 1.05. The van der Waals surface area contributed by atoms with Gasteiger partial charge in [0.25, 0.3) is 0 Å². The molecule has 0 aliphatic carbocycles. The Morgan fingerprint density at radius 3 is 2.50 bits per heavy atom. The number of phenols is 1. The summed E-state index contributed by atoms with van der Waals surface area (Å²) >= 11 is 0.